The number of anilines is 1. The average molecular weight is 339 g/mol. The van der Waals surface area contributed by atoms with Gasteiger partial charge in [0, 0.05) is 5.69 Å². The Morgan fingerprint density at radius 3 is 1.76 bits per heavy atom. The molecule has 5 heteroatoms. The van der Waals surface area contributed by atoms with Crippen molar-refractivity contribution in [2.75, 3.05) is 5.32 Å². The Hall–Kier alpha value is -3.21. The Kier molecular flexibility index (Phi) is 4.75. The summed E-state index contributed by atoms with van der Waals surface area (Å²) < 4.78 is 26.5. The van der Waals surface area contributed by atoms with E-state index in [1.807, 2.05) is 0 Å². The van der Waals surface area contributed by atoms with E-state index < -0.39 is 12.0 Å². The molecule has 0 heterocycles. The maximum absolute atomic E-state index is 13.3. The van der Waals surface area contributed by atoms with Crippen molar-refractivity contribution >= 4 is 11.7 Å². The predicted molar refractivity (Wildman–Crippen MR) is 91.7 cm³/mol. The zero-order valence-electron chi connectivity index (χ0n) is 13.1. The first kappa shape index (κ1) is 16.6. The Labute approximate surface area is 143 Å². The van der Waals surface area contributed by atoms with Gasteiger partial charge in [-0.25, -0.2) is 13.6 Å². The SMILES string of the molecule is O=C(O)c1ccccc1NC(c1ccc(F)cc1)c1ccc(F)cc1. The molecule has 0 atom stereocenters. The highest BCUT2D eigenvalue weighted by Crippen LogP contribution is 2.29. The van der Waals surface area contributed by atoms with E-state index in [-0.39, 0.29) is 17.2 Å². The fourth-order valence-corrected chi connectivity index (χ4v) is 2.62. The minimum absolute atomic E-state index is 0.122. The van der Waals surface area contributed by atoms with Crippen LogP contribution >= 0.6 is 0 Å². The molecule has 3 nitrogen and oxygen atoms in total. The molecule has 3 aromatic carbocycles. The van der Waals surface area contributed by atoms with Gasteiger partial charge in [0.25, 0.3) is 0 Å². The fourth-order valence-electron chi connectivity index (χ4n) is 2.62. The summed E-state index contributed by atoms with van der Waals surface area (Å²) in [6.45, 7) is 0. The summed E-state index contributed by atoms with van der Waals surface area (Å²) in [6, 6.07) is 17.8. The van der Waals surface area contributed by atoms with Crippen LogP contribution in [0.4, 0.5) is 14.5 Å². The lowest BCUT2D eigenvalue weighted by atomic mass is 9.97. The lowest BCUT2D eigenvalue weighted by molar-refractivity contribution is 0.0698. The van der Waals surface area contributed by atoms with Crippen molar-refractivity contribution in [3.8, 4) is 0 Å². The van der Waals surface area contributed by atoms with Gasteiger partial charge in [0.1, 0.15) is 11.6 Å². The van der Waals surface area contributed by atoms with E-state index in [0.29, 0.717) is 5.69 Å². The highest BCUT2D eigenvalue weighted by Gasteiger charge is 2.18. The molecule has 0 aliphatic heterocycles. The number of carbonyl (C=O) groups is 1. The number of hydrogen-bond donors (Lipinski definition) is 2. The van der Waals surface area contributed by atoms with Crippen molar-refractivity contribution < 1.29 is 18.7 Å². The predicted octanol–water partition coefficient (Wildman–Crippen LogP) is 4.86. The van der Waals surface area contributed by atoms with Crippen molar-refractivity contribution in [1.29, 1.82) is 0 Å². The standard InChI is InChI=1S/C20H15F2NO2/c21-15-9-5-13(6-10-15)19(14-7-11-16(22)12-8-14)23-18-4-2-1-3-17(18)20(24)25/h1-12,19,23H,(H,24,25). The van der Waals surface area contributed by atoms with Crippen LogP contribution in [-0.4, -0.2) is 11.1 Å². The van der Waals surface area contributed by atoms with Gasteiger partial charge in [-0.3, -0.25) is 0 Å². The van der Waals surface area contributed by atoms with Gasteiger partial charge in [0.2, 0.25) is 0 Å². The normalized spacial score (nSPS) is 10.7. The molecule has 0 aliphatic carbocycles. The molecule has 0 spiro atoms. The topological polar surface area (TPSA) is 49.3 Å². The minimum atomic E-state index is -1.06. The van der Waals surface area contributed by atoms with Crippen molar-refractivity contribution in [3.05, 3.63) is 101 Å². The van der Waals surface area contributed by atoms with Gasteiger partial charge >= 0.3 is 5.97 Å². The van der Waals surface area contributed by atoms with E-state index in [4.69, 9.17) is 0 Å². The van der Waals surface area contributed by atoms with Crippen LogP contribution in [0.2, 0.25) is 0 Å². The zero-order valence-corrected chi connectivity index (χ0v) is 13.1. The Morgan fingerprint density at radius 1 is 0.800 bits per heavy atom. The van der Waals surface area contributed by atoms with Crippen LogP contribution < -0.4 is 5.32 Å². The number of nitrogens with one attached hydrogen (secondary N) is 1. The van der Waals surface area contributed by atoms with Gasteiger partial charge in [-0.15, -0.1) is 0 Å². The van der Waals surface area contributed by atoms with Crippen LogP contribution in [0.15, 0.2) is 72.8 Å². The van der Waals surface area contributed by atoms with Crippen molar-refractivity contribution in [2.45, 2.75) is 6.04 Å². The Morgan fingerprint density at radius 2 is 1.28 bits per heavy atom. The van der Waals surface area contributed by atoms with Crippen LogP contribution in [0, 0.1) is 11.6 Å². The largest absolute Gasteiger partial charge is 0.478 e. The molecule has 25 heavy (non-hydrogen) atoms. The number of hydrogen-bond acceptors (Lipinski definition) is 2. The summed E-state index contributed by atoms with van der Waals surface area (Å²) in [7, 11) is 0. The molecule has 0 aliphatic rings. The maximum atomic E-state index is 13.3. The second-order valence-electron chi connectivity index (χ2n) is 5.53. The molecular weight excluding hydrogens is 324 g/mol. The summed E-state index contributed by atoms with van der Waals surface area (Å²) in [6.07, 6.45) is 0. The van der Waals surface area contributed by atoms with E-state index in [9.17, 15) is 18.7 Å². The number of halogens is 2. The van der Waals surface area contributed by atoms with Crippen LogP contribution in [0.5, 0.6) is 0 Å². The molecule has 0 saturated carbocycles. The molecule has 3 rings (SSSR count). The van der Waals surface area contributed by atoms with Gasteiger partial charge in [-0.2, -0.15) is 0 Å². The molecule has 0 aromatic heterocycles. The third-order valence-corrected chi connectivity index (χ3v) is 3.86. The third kappa shape index (κ3) is 3.83. The van der Waals surface area contributed by atoms with E-state index in [1.165, 1.54) is 30.3 Å². The molecule has 2 N–H and O–H groups in total. The number of para-hydroxylation sites is 1. The van der Waals surface area contributed by atoms with Crippen molar-refractivity contribution in [3.63, 3.8) is 0 Å². The quantitative estimate of drug-likeness (QED) is 0.697. The first-order valence-electron chi connectivity index (χ1n) is 7.64. The summed E-state index contributed by atoms with van der Waals surface area (Å²) in [5.41, 5.74) is 2.01. The molecule has 0 unspecified atom stereocenters. The smallest absolute Gasteiger partial charge is 0.337 e. The molecule has 0 bridgehead atoms. The number of aromatic carboxylic acids is 1. The van der Waals surface area contributed by atoms with Gasteiger partial charge in [-0.05, 0) is 47.5 Å². The molecule has 0 fully saturated rings. The lowest BCUT2D eigenvalue weighted by Crippen LogP contribution is -2.15. The van der Waals surface area contributed by atoms with Crippen LogP contribution in [0.25, 0.3) is 0 Å². The summed E-state index contributed by atoms with van der Waals surface area (Å²) in [5.74, 6) is -1.79. The average Bonchev–Trinajstić information content (AvgIpc) is 2.62. The van der Waals surface area contributed by atoms with E-state index in [0.717, 1.165) is 11.1 Å². The summed E-state index contributed by atoms with van der Waals surface area (Å²) in [4.78, 5) is 11.4. The van der Waals surface area contributed by atoms with Crippen LogP contribution in [0.1, 0.15) is 27.5 Å². The second-order valence-corrected chi connectivity index (χ2v) is 5.53. The molecule has 126 valence electrons. The zero-order chi connectivity index (χ0) is 17.8. The van der Waals surface area contributed by atoms with Gasteiger partial charge < -0.3 is 10.4 Å². The maximum Gasteiger partial charge on any atom is 0.337 e. The van der Waals surface area contributed by atoms with E-state index >= 15 is 0 Å². The van der Waals surface area contributed by atoms with Crippen molar-refractivity contribution in [1.82, 2.24) is 0 Å². The molecule has 0 amide bonds. The summed E-state index contributed by atoms with van der Waals surface area (Å²) in [5, 5.41) is 12.5. The Balaban J connectivity index is 2.04. The summed E-state index contributed by atoms with van der Waals surface area (Å²) >= 11 is 0. The van der Waals surface area contributed by atoms with E-state index in [2.05, 4.69) is 5.32 Å². The monoisotopic (exact) mass is 339 g/mol. The number of benzene rings is 3. The molecule has 0 saturated heterocycles. The first-order valence-corrected chi connectivity index (χ1v) is 7.64. The van der Waals surface area contributed by atoms with Crippen LogP contribution in [0.3, 0.4) is 0 Å². The number of rotatable bonds is 5. The first-order chi connectivity index (χ1) is 12.0. The third-order valence-electron chi connectivity index (χ3n) is 3.86. The van der Waals surface area contributed by atoms with Crippen LogP contribution in [-0.2, 0) is 0 Å². The number of carboxylic acids is 1. The molecule has 3 aromatic rings. The van der Waals surface area contributed by atoms with Crippen molar-refractivity contribution in [2.24, 2.45) is 0 Å². The number of carboxylic acid groups (broad SMARTS) is 1. The van der Waals surface area contributed by atoms with Gasteiger partial charge in [-0.1, -0.05) is 36.4 Å². The van der Waals surface area contributed by atoms with Gasteiger partial charge in [0.15, 0.2) is 0 Å². The highest BCUT2D eigenvalue weighted by atomic mass is 19.1. The van der Waals surface area contributed by atoms with E-state index in [1.54, 1.807) is 42.5 Å². The molecular formula is C20H15F2NO2. The lowest BCUT2D eigenvalue weighted by Gasteiger charge is -2.22. The Bertz CT molecular complexity index is 831. The van der Waals surface area contributed by atoms with Gasteiger partial charge in [0.05, 0.1) is 11.6 Å². The second kappa shape index (κ2) is 7.13. The fraction of sp³-hybridized carbons (Fsp3) is 0.0500. The minimum Gasteiger partial charge on any atom is -0.478 e. The molecule has 0 radical (unpaired) electrons. The highest BCUT2D eigenvalue weighted by molar-refractivity contribution is 5.94.